The Bertz CT molecular complexity index is 377. The Morgan fingerprint density at radius 2 is 1.14 bits per heavy atom. The Kier molecular flexibility index (Phi) is 20.5. The molecule has 0 rings (SSSR count). The number of hydrogen-bond donors (Lipinski definition) is 3. The highest BCUT2D eigenvalue weighted by molar-refractivity contribution is 7.80. The number of carbonyl (C=O) groups excluding carboxylic acids is 1. The maximum atomic E-state index is 11.8. The van der Waals surface area contributed by atoms with Crippen LogP contribution in [0.5, 0.6) is 0 Å². The summed E-state index contributed by atoms with van der Waals surface area (Å²) in [7, 11) is 0. The van der Waals surface area contributed by atoms with E-state index >= 15 is 0 Å². The topological polar surface area (TPSA) is 66.4 Å². The Hall–Kier alpha value is -0.710. The van der Waals surface area contributed by atoms with Crippen molar-refractivity contribution in [3.05, 3.63) is 0 Å². The highest BCUT2D eigenvalue weighted by Gasteiger charge is 2.18. The van der Waals surface area contributed by atoms with Crippen LogP contribution in [-0.2, 0) is 9.59 Å². The maximum Gasteiger partial charge on any atom is 0.326 e. The van der Waals surface area contributed by atoms with E-state index in [9.17, 15) is 9.59 Å². The minimum absolute atomic E-state index is 0.153. The van der Waals surface area contributed by atoms with Crippen LogP contribution < -0.4 is 5.32 Å². The van der Waals surface area contributed by atoms with E-state index in [1.807, 2.05) is 0 Å². The first kappa shape index (κ1) is 27.3. The number of rotatable bonds is 21. The molecule has 166 valence electrons. The molecule has 4 nitrogen and oxygen atoms in total. The second kappa shape index (κ2) is 21.0. The molecule has 0 bridgehead atoms. The molecule has 0 saturated heterocycles. The molecular formula is C23H45NO3S. The zero-order valence-electron chi connectivity index (χ0n) is 18.2. The minimum atomic E-state index is -0.977. The number of unbranched alkanes of at least 4 members (excludes halogenated alkanes) is 15. The zero-order chi connectivity index (χ0) is 20.9. The van der Waals surface area contributed by atoms with E-state index in [0.29, 0.717) is 18.6 Å². The number of nitrogens with one attached hydrogen (secondary N) is 1. The third-order valence-electron chi connectivity index (χ3n) is 5.31. The normalized spacial score (nSPS) is 12.1. The first-order valence-corrected chi connectivity index (χ1v) is 12.4. The summed E-state index contributed by atoms with van der Waals surface area (Å²) in [6, 6.07) is -0.800. The number of hydrogen-bond acceptors (Lipinski definition) is 3. The van der Waals surface area contributed by atoms with Crippen LogP contribution in [-0.4, -0.2) is 28.8 Å². The summed E-state index contributed by atoms with van der Waals surface area (Å²) in [4.78, 5) is 22.8. The van der Waals surface area contributed by atoms with Gasteiger partial charge in [0.15, 0.2) is 0 Å². The van der Waals surface area contributed by atoms with Crippen molar-refractivity contribution in [3.63, 3.8) is 0 Å². The van der Waals surface area contributed by atoms with Crippen molar-refractivity contribution in [2.45, 2.75) is 129 Å². The molecule has 0 radical (unpaired) electrons. The summed E-state index contributed by atoms with van der Waals surface area (Å²) in [5.41, 5.74) is 0. The van der Waals surface area contributed by atoms with E-state index in [0.717, 1.165) is 12.8 Å². The van der Waals surface area contributed by atoms with Gasteiger partial charge in [0.05, 0.1) is 0 Å². The number of carboxylic acids is 1. The van der Waals surface area contributed by atoms with Crippen molar-refractivity contribution >= 4 is 24.5 Å². The molecule has 5 heteroatoms. The van der Waals surface area contributed by atoms with Crippen LogP contribution in [0.1, 0.15) is 122 Å². The van der Waals surface area contributed by atoms with Crippen LogP contribution >= 0.6 is 12.6 Å². The fourth-order valence-corrected chi connectivity index (χ4v) is 3.74. The molecule has 28 heavy (non-hydrogen) atoms. The van der Waals surface area contributed by atoms with Gasteiger partial charge in [0.2, 0.25) is 5.91 Å². The molecule has 0 spiro atoms. The largest absolute Gasteiger partial charge is 0.480 e. The molecule has 0 heterocycles. The van der Waals surface area contributed by atoms with E-state index in [-0.39, 0.29) is 5.91 Å². The van der Waals surface area contributed by atoms with Gasteiger partial charge in [0.1, 0.15) is 6.04 Å². The number of carbonyl (C=O) groups is 2. The van der Waals surface area contributed by atoms with Crippen molar-refractivity contribution in [1.29, 1.82) is 0 Å². The molecule has 0 aromatic rings. The van der Waals surface area contributed by atoms with Crippen LogP contribution in [0.4, 0.5) is 0 Å². The van der Waals surface area contributed by atoms with Gasteiger partial charge in [-0.3, -0.25) is 4.79 Å². The number of carboxylic acid groups (broad SMARTS) is 1. The van der Waals surface area contributed by atoms with Gasteiger partial charge in [0, 0.05) is 6.42 Å². The van der Waals surface area contributed by atoms with Gasteiger partial charge >= 0.3 is 5.97 Å². The standard InChI is InChI=1S/C23H45NO3S/c1-2-3-4-5-6-7-8-9-10-11-12-13-14-15-16-17-18-22(25)24-21(19-20-28)23(26)27/h21,28H,2-20H2,1H3,(H,24,25)(H,26,27). The summed E-state index contributed by atoms with van der Waals surface area (Å²) in [5.74, 6) is -0.676. The second-order valence-electron chi connectivity index (χ2n) is 8.02. The Morgan fingerprint density at radius 3 is 1.50 bits per heavy atom. The molecule has 1 unspecified atom stereocenters. The summed E-state index contributed by atoms with van der Waals surface area (Å²) in [6.45, 7) is 2.27. The van der Waals surface area contributed by atoms with Crippen LogP contribution in [0.2, 0.25) is 0 Å². The third kappa shape index (κ3) is 18.6. The van der Waals surface area contributed by atoms with E-state index < -0.39 is 12.0 Å². The summed E-state index contributed by atoms with van der Waals surface area (Å²) < 4.78 is 0. The van der Waals surface area contributed by atoms with Gasteiger partial charge < -0.3 is 10.4 Å². The molecule has 0 fully saturated rings. The molecule has 1 atom stereocenters. The summed E-state index contributed by atoms with van der Waals surface area (Å²) in [6.07, 6.45) is 21.7. The van der Waals surface area contributed by atoms with Gasteiger partial charge in [-0.25, -0.2) is 4.79 Å². The van der Waals surface area contributed by atoms with Crippen LogP contribution in [0, 0.1) is 0 Å². The predicted molar refractivity (Wildman–Crippen MR) is 122 cm³/mol. The van der Waals surface area contributed by atoms with E-state index in [1.165, 1.54) is 89.9 Å². The molecule has 1 amide bonds. The summed E-state index contributed by atoms with van der Waals surface area (Å²) in [5, 5.41) is 11.6. The molecule has 0 saturated carbocycles. The quantitative estimate of drug-likeness (QED) is 0.147. The second-order valence-corrected chi connectivity index (χ2v) is 8.47. The van der Waals surface area contributed by atoms with Crippen LogP contribution in [0.3, 0.4) is 0 Å². The lowest BCUT2D eigenvalue weighted by atomic mass is 10.0. The molecule has 2 N–H and O–H groups in total. The first-order valence-electron chi connectivity index (χ1n) is 11.7. The Morgan fingerprint density at radius 1 is 0.750 bits per heavy atom. The van der Waals surface area contributed by atoms with Crippen molar-refractivity contribution in [2.75, 3.05) is 5.75 Å². The van der Waals surface area contributed by atoms with E-state index in [4.69, 9.17) is 5.11 Å². The van der Waals surface area contributed by atoms with Crippen LogP contribution in [0.25, 0.3) is 0 Å². The molecular weight excluding hydrogens is 370 g/mol. The minimum Gasteiger partial charge on any atom is -0.480 e. The number of thiol groups is 1. The smallest absolute Gasteiger partial charge is 0.326 e. The van der Waals surface area contributed by atoms with E-state index in [1.54, 1.807) is 0 Å². The Labute approximate surface area is 179 Å². The molecule has 0 aromatic heterocycles. The average Bonchev–Trinajstić information content (AvgIpc) is 2.67. The fraction of sp³-hybridized carbons (Fsp3) is 0.913. The molecule has 0 aliphatic heterocycles. The van der Waals surface area contributed by atoms with Gasteiger partial charge in [0.25, 0.3) is 0 Å². The molecule has 0 aromatic carbocycles. The van der Waals surface area contributed by atoms with Gasteiger partial charge in [-0.05, 0) is 18.6 Å². The van der Waals surface area contributed by atoms with Gasteiger partial charge in [-0.1, -0.05) is 103 Å². The van der Waals surface area contributed by atoms with Gasteiger partial charge in [-0.15, -0.1) is 0 Å². The highest BCUT2D eigenvalue weighted by Crippen LogP contribution is 2.14. The van der Waals surface area contributed by atoms with E-state index in [2.05, 4.69) is 24.9 Å². The lowest BCUT2D eigenvalue weighted by Crippen LogP contribution is -2.40. The number of aliphatic carboxylic acids is 1. The third-order valence-corrected chi connectivity index (χ3v) is 5.57. The molecule has 0 aliphatic carbocycles. The van der Waals surface area contributed by atoms with Crippen molar-refractivity contribution in [3.8, 4) is 0 Å². The zero-order valence-corrected chi connectivity index (χ0v) is 19.1. The lowest BCUT2D eigenvalue weighted by molar-refractivity contribution is -0.141. The van der Waals surface area contributed by atoms with Crippen molar-refractivity contribution in [2.24, 2.45) is 0 Å². The fourth-order valence-electron chi connectivity index (χ4n) is 3.49. The van der Waals surface area contributed by atoms with Crippen molar-refractivity contribution in [1.82, 2.24) is 5.32 Å². The lowest BCUT2D eigenvalue weighted by Gasteiger charge is -2.13. The SMILES string of the molecule is CCCCCCCCCCCCCCCCCCC(=O)NC(CCS)C(=O)O. The Balaban J connectivity index is 3.31. The predicted octanol–water partition coefficient (Wildman–Crippen LogP) is 6.53. The molecule has 0 aliphatic rings. The number of amides is 1. The monoisotopic (exact) mass is 415 g/mol. The van der Waals surface area contributed by atoms with Gasteiger partial charge in [-0.2, -0.15) is 12.6 Å². The average molecular weight is 416 g/mol. The maximum absolute atomic E-state index is 11.8. The summed E-state index contributed by atoms with van der Waals surface area (Å²) >= 11 is 4.03. The first-order chi connectivity index (χ1) is 13.6. The highest BCUT2D eigenvalue weighted by atomic mass is 32.1. The van der Waals surface area contributed by atoms with Crippen molar-refractivity contribution < 1.29 is 14.7 Å². The van der Waals surface area contributed by atoms with Crippen LogP contribution in [0.15, 0.2) is 0 Å².